The molecule has 0 bridgehead atoms. The monoisotopic (exact) mass is 295 g/mol. The van der Waals surface area contributed by atoms with E-state index in [0.29, 0.717) is 15.6 Å². The Morgan fingerprint density at radius 1 is 1.37 bits per heavy atom. The highest BCUT2D eigenvalue weighted by Crippen LogP contribution is 2.41. The van der Waals surface area contributed by atoms with Gasteiger partial charge in [0, 0.05) is 15.5 Å². The number of esters is 1. The summed E-state index contributed by atoms with van der Waals surface area (Å²) in [5.41, 5.74) is 9.26. The lowest BCUT2D eigenvalue weighted by molar-refractivity contribution is 0.0607. The summed E-state index contributed by atoms with van der Waals surface area (Å²) in [6, 6.07) is 5.81. The summed E-state index contributed by atoms with van der Waals surface area (Å²) in [6.07, 6.45) is 0. The molecule has 0 aliphatic carbocycles. The van der Waals surface area contributed by atoms with Gasteiger partial charge in [-0.25, -0.2) is 4.79 Å². The molecule has 0 fully saturated rings. The number of nitrogen functional groups attached to an aromatic ring is 1. The van der Waals surface area contributed by atoms with E-state index in [4.69, 9.17) is 22.1 Å². The van der Waals surface area contributed by atoms with Crippen LogP contribution in [0, 0.1) is 13.8 Å². The summed E-state index contributed by atoms with van der Waals surface area (Å²) >= 11 is 7.57. The van der Waals surface area contributed by atoms with Gasteiger partial charge in [0.1, 0.15) is 4.88 Å². The van der Waals surface area contributed by atoms with Crippen LogP contribution >= 0.6 is 22.9 Å². The van der Waals surface area contributed by atoms with E-state index in [0.717, 1.165) is 21.6 Å². The van der Waals surface area contributed by atoms with Crippen LogP contribution in [-0.4, -0.2) is 13.1 Å². The van der Waals surface area contributed by atoms with Crippen molar-refractivity contribution >= 4 is 34.6 Å². The summed E-state index contributed by atoms with van der Waals surface area (Å²) < 4.78 is 4.73. The van der Waals surface area contributed by atoms with Crippen molar-refractivity contribution in [3.8, 4) is 10.4 Å². The zero-order valence-corrected chi connectivity index (χ0v) is 12.5. The number of hydrogen-bond donors (Lipinski definition) is 1. The molecule has 0 unspecified atom stereocenters. The van der Waals surface area contributed by atoms with Crippen molar-refractivity contribution in [1.82, 2.24) is 0 Å². The molecule has 0 amide bonds. The number of rotatable bonds is 2. The Morgan fingerprint density at radius 3 is 2.63 bits per heavy atom. The zero-order valence-electron chi connectivity index (χ0n) is 10.9. The van der Waals surface area contributed by atoms with Crippen molar-refractivity contribution < 1.29 is 9.53 Å². The second-order valence-corrected chi connectivity index (χ2v) is 5.70. The van der Waals surface area contributed by atoms with E-state index in [1.165, 1.54) is 18.4 Å². The average molecular weight is 296 g/mol. The summed E-state index contributed by atoms with van der Waals surface area (Å²) in [7, 11) is 1.34. The molecule has 5 heteroatoms. The van der Waals surface area contributed by atoms with Crippen LogP contribution in [0.25, 0.3) is 10.4 Å². The van der Waals surface area contributed by atoms with E-state index in [9.17, 15) is 4.79 Å². The molecule has 2 rings (SSSR count). The molecule has 2 N–H and O–H groups in total. The number of carbonyl (C=O) groups is 1. The molecule has 0 aliphatic rings. The quantitative estimate of drug-likeness (QED) is 0.850. The van der Waals surface area contributed by atoms with Gasteiger partial charge in [0.15, 0.2) is 0 Å². The van der Waals surface area contributed by atoms with Gasteiger partial charge in [-0.15, -0.1) is 11.3 Å². The number of nitrogens with two attached hydrogens (primary N) is 1. The Bertz CT molecular complexity index is 649. The van der Waals surface area contributed by atoms with Crippen LogP contribution in [-0.2, 0) is 4.74 Å². The number of halogens is 1. The highest BCUT2D eigenvalue weighted by molar-refractivity contribution is 7.18. The molecular formula is C14H14ClNO2S. The van der Waals surface area contributed by atoms with Crippen LogP contribution in [0.2, 0.25) is 5.02 Å². The normalized spacial score (nSPS) is 10.5. The number of aryl methyl sites for hydroxylation is 1. The second kappa shape index (κ2) is 5.23. The number of methoxy groups -OCH3 is 1. The van der Waals surface area contributed by atoms with Crippen molar-refractivity contribution in [1.29, 1.82) is 0 Å². The fraction of sp³-hybridized carbons (Fsp3) is 0.214. The minimum Gasteiger partial charge on any atom is -0.465 e. The first-order chi connectivity index (χ1) is 8.95. The fourth-order valence-electron chi connectivity index (χ4n) is 1.83. The van der Waals surface area contributed by atoms with Crippen molar-refractivity contribution in [2.45, 2.75) is 13.8 Å². The number of carbonyl (C=O) groups excluding carboxylic acids is 1. The second-order valence-electron chi connectivity index (χ2n) is 4.27. The lowest BCUT2D eigenvalue weighted by Gasteiger charge is -2.04. The first-order valence-electron chi connectivity index (χ1n) is 5.69. The third-order valence-electron chi connectivity index (χ3n) is 2.93. The van der Waals surface area contributed by atoms with Gasteiger partial charge in [0.2, 0.25) is 0 Å². The van der Waals surface area contributed by atoms with E-state index in [1.54, 1.807) is 0 Å². The summed E-state index contributed by atoms with van der Waals surface area (Å²) in [5.74, 6) is -0.417. The van der Waals surface area contributed by atoms with Crippen LogP contribution in [0.3, 0.4) is 0 Å². The molecule has 0 radical (unpaired) electrons. The largest absolute Gasteiger partial charge is 0.465 e. The van der Waals surface area contributed by atoms with Crippen molar-refractivity contribution in [3.63, 3.8) is 0 Å². The van der Waals surface area contributed by atoms with Gasteiger partial charge in [-0.05, 0) is 31.0 Å². The molecule has 19 heavy (non-hydrogen) atoms. The van der Waals surface area contributed by atoms with Crippen molar-refractivity contribution in [3.05, 3.63) is 39.2 Å². The molecule has 0 aliphatic heterocycles. The summed E-state index contributed by atoms with van der Waals surface area (Å²) in [5, 5.41) is 0.653. The van der Waals surface area contributed by atoms with Crippen LogP contribution < -0.4 is 5.73 Å². The van der Waals surface area contributed by atoms with Crippen LogP contribution in [0.15, 0.2) is 18.2 Å². The van der Waals surface area contributed by atoms with Gasteiger partial charge in [0.25, 0.3) is 0 Å². The Kier molecular flexibility index (Phi) is 3.83. The van der Waals surface area contributed by atoms with E-state index in [-0.39, 0.29) is 0 Å². The minimum absolute atomic E-state index is 0.417. The van der Waals surface area contributed by atoms with Gasteiger partial charge in [-0.3, -0.25) is 0 Å². The van der Waals surface area contributed by atoms with Gasteiger partial charge in [-0.1, -0.05) is 23.7 Å². The van der Waals surface area contributed by atoms with Crippen molar-refractivity contribution in [2.75, 3.05) is 12.8 Å². The number of anilines is 1. The number of hydrogen-bond acceptors (Lipinski definition) is 4. The maximum atomic E-state index is 11.6. The van der Waals surface area contributed by atoms with Crippen LogP contribution in [0.5, 0.6) is 0 Å². The van der Waals surface area contributed by atoms with Crippen LogP contribution in [0.1, 0.15) is 20.8 Å². The molecule has 0 saturated carbocycles. The van der Waals surface area contributed by atoms with Crippen molar-refractivity contribution in [2.24, 2.45) is 0 Å². The predicted molar refractivity (Wildman–Crippen MR) is 80.0 cm³/mol. The molecule has 1 aromatic heterocycles. The van der Waals surface area contributed by atoms with Gasteiger partial charge >= 0.3 is 5.97 Å². The third kappa shape index (κ3) is 2.46. The molecule has 0 atom stereocenters. The third-order valence-corrected chi connectivity index (χ3v) is 4.57. The highest BCUT2D eigenvalue weighted by atomic mass is 35.5. The molecule has 100 valence electrons. The van der Waals surface area contributed by atoms with Gasteiger partial charge in [-0.2, -0.15) is 0 Å². The van der Waals surface area contributed by atoms with Crippen LogP contribution in [0.4, 0.5) is 5.69 Å². The van der Waals surface area contributed by atoms with Gasteiger partial charge in [0.05, 0.1) is 12.8 Å². The Labute approximate surface area is 121 Å². The smallest absolute Gasteiger partial charge is 0.350 e. The SMILES string of the molecule is COC(=O)c1sc(-c2ccc(C)cc2Cl)c(C)c1N. The molecule has 0 saturated heterocycles. The lowest BCUT2D eigenvalue weighted by Crippen LogP contribution is -2.01. The maximum absolute atomic E-state index is 11.6. The lowest BCUT2D eigenvalue weighted by atomic mass is 10.1. The number of thiophene rings is 1. The molecule has 2 aromatic rings. The van der Waals surface area contributed by atoms with Gasteiger partial charge < -0.3 is 10.5 Å². The average Bonchev–Trinajstić information content (AvgIpc) is 2.66. The number of benzene rings is 1. The molecule has 1 aromatic carbocycles. The maximum Gasteiger partial charge on any atom is 0.350 e. The standard InChI is InChI=1S/C14H14ClNO2S/c1-7-4-5-9(10(15)6-7)12-8(2)11(16)13(19-12)14(17)18-3/h4-6H,16H2,1-3H3. The first kappa shape index (κ1) is 13.9. The fourth-order valence-corrected chi connectivity index (χ4v) is 3.40. The molecule has 0 spiro atoms. The van der Waals surface area contributed by atoms with E-state index >= 15 is 0 Å². The summed E-state index contributed by atoms with van der Waals surface area (Å²) in [6.45, 7) is 3.86. The highest BCUT2D eigenvalue weighted by Gasteiger charge is 2.20. The minimum atomic E-state index is -0.417. The number of ether oxygens (including phenoxy) is 1. The zero-order chi connectivity index (χ0) is 14.2. The van der Waals surface area contributed by atoms with E-state index in [1.807, 2.05) is 32.0 Å². The molecule has 3 nitrogen and oxygen atoms in total. The van der Waals surface area contributed by atoms with E-state index < -0.39 is 5.97 Å². The summed E-state index contributed by atoms with van der Waals surface area (Å²) in [4.78, 5) is 13.0. The predicted octanol–water partition coefficient (Wildman–Crippen LogP) is 4.05. The first-order valence-corrected chi connectivity index (χ1v) is 6.88. The topological polar surface area (TPSA) is 52.3 Å². The Hall–Kier alpha value is -1.52. The Morgan fingerprint density at radius 2 is 2.05 bits per heavy atom. The molecule has 1 heterocycles. The Balaban J connectivity index is 2.60. The molecular weight excluding hydrogens is 282 g/mol. The van der Waals surface area contributed by atoms with E-state index in [2.05, 4.69) is 0 Å².